The highest BCUT2D eigenvalue weighted by atomic mass is 16.6. The van der Waals surface area contributed by atoms with Gasteiger partial charge < -0.3 is 13.9 Å². The average molecular weight is 304 g/mol. The highest BCUT2D eigenvalue weighted by Crippen LogP contribution is 2.29. The molecule has 0 spiro atoms. The van der Waals surface area contributed by atoms with Crippen molar-refractivity contribution in [1.82, 2.24) is 0 Å². The topological polar surface area (TPSA) is 65.7 Å². The van der Waals surface area contributed by atoms with Gasteiger partial charge >= 0.3 is 11.6 Å². The Morgan fingerprint density at radius 3 is 2.73 bits per heavy atom. The van der Waals surface area contributed by atoms with E-state index >= 15 is 0 Å². The highest BCUT2D eigenvalue weighted by Gasteiger charge is 2.18. The predicted octanol–water partition coefficient (Wildman–Crippen LogP) is 2.99. The van der Waals surface area contributed by atoms with Crippen LogP contribution < -0.4 is 10.4 Å². The number of aryl methyl sites for hydroxylation is 2. The minimum atomic E-state index is -0.730. The first-order valence-corrected chi connectivity index (χ1v) is 7.28. The first-order valence-electron chi connectivity index (χ1n) is 7.28. The molecule has 2 aromatic rings. The van der Waals surface area contributed by atoms with Gasteiger partial charge in [-0.3, -0.25) is 0 Å². The molecule has 0 amide bonds. The molecule has 5 heteroatoms. The fourth-order valence-corrected chi connectivity index (χ4v) is 2.42. The van der Waals surface area contributed by atoms with Crippen LogP contribution in [0.2, 0.25) is 0 Å². The van der Waals surface area contributed by atoms with Crippen molar-refractivity contribution in [2.45, 2.75) is 39.7 Å². The number of hydrogen-bond donors (Lipinski definition) is 0. The summed E-state index contributed by atoms with van der Waals surface area (Å²) in [6, 6.07) is 5.18. The lowest BCUT2D eigenvalue weighted by Gasteiger charge is -2.15. The van der Waals surface area contributed by atoms with Gasteiger partial charge in [-0.1, -0.05) is 13.3 Å². The van der Waals surface area contributed by atoms with Crippen molar-refractivity contribution in [3.05, 3.63) is 39.7 Å². The van der Waals surface area contributed by atoms with Crippen molar-refractivity contribution in [3.8, 4) is 5.75 Å². The summed E-state index contributed by atoms with van der Waals surface area (Å²) >= 11 is 0. The van der Waals surface area contributed by atoms with Crippen LogP contribution in [0.1, 0.15) is 31.4 Å². The molecule has 0 aliphatic heterocycles. The van der Waals surface area contributed by atoms with Gasteiger partial charge in [-0.2, -0.15) is 0 Å². The van der Waals surface area contributed by atoms with Gasteiger partial charge in [0.15, 0.2) is 6.10 Å². The van der Waals surface area contributed by atoms with Crippen LogP contribution in [0.5, 0.6) is 5.75 Å². The van der Waals surface area contributed by atoms with Gasteiger partial charge in [0.05, 0.1) is 7.11 Å². The zero-order valence-corrected chi connectivity index (χ0v) is 13.3. The highest BCUT2D eigenvalue weighted by molar-refractivity contribution is 5.85. The molecule has 1 heterocycles. The van der Waals surface area contributed by atoms with Crippen LogP contribution >= 0.6 is 0 Å². The molecule has 0 N–H and O–H groups in total. The summed E-state index contributed by atoms with van der Waals surface area (Å²) in [5.74, 6) is 0.0443. The lowest BCUT2D eigenvalue weighted by Crippen LogP contribution is -2.25. The third-order valence-electron chi connectivity index (χ3n) is 3.55. The molecule has 0 saturated carbocycles. The van der Waals surface area contributed by atoms with E-state index in [0.29, 0.717) is 16.9 Å². The number of carbonyl (C=O) groups is 1. The summed E-state index contributed by atoms with van der Waals surface area (Å²) in [5, 5.41) is 0.900. The smallest absolute Gasteiger partial charge is 0.346 e. The predicted molar refractivity (Wildman–Crippen MR) is 83.3 cm³/mol. The van der Waals surface area contributed by atoms with Crippen LogP contribution in [0.15, 0.2) is 27.4 Å². The Kier molecular flexibility index (Phi) is 4.85. The standard InChI is InChI=1S/C17H20O5/c1-5-6-12-9-15(18)22-16-10(2)14(8-7-13(12)16)21-11(3)17(19)20-4/h7-9,11H,5-6H2,1-4H3/t11-/m1/s1. The Balaban J connectivity index is 2.50. The summed E-state index contributed by atoms with van der Waals surface area (Å²) in [5.41, 5.74) is 1.79. The van der Waals surface area contributed by atoms with E-state index in [2.05, 4.69) is 11.7 Å². The molecule has 118 valence electrons. The number of rotatable bonds is 5. The number of fused-ring (bicyclic) bond motifs is 1. The largest absolute Gasteiger partial charge is 0.479 e. The molecule has 0 radical (unpaired) electrons. The van der Waals surface area contributed by atoms with Crippen LogP contribution in [0.25, 0.3) is 11.0 Å². The zero-order valence-electron chi connectivity index (χ0n) is 13.3. The molecule has 0 aliphatic rings. The van der Waals surface area contributed by atoms with Gasteiger partial charge in [0.1, 0.15) is 11.3 Å². The molecule has 0 unspecified atom stereocenters. The fourth-order valence-electron chi connectivity index (χ4n) is 2.42. The van der Waals surface area contributed by atoms with Crippen molar-refractivity contribution in [2.75, 3.05) is 7.11 Å². The van der Waals surface area contributed by atoms with E-state index in [4.69, 9.17) is 9.15 Å². The quantitative estimate of drug-likeness (QED) is 0.627. The first kappa shape index (κ1) is 16.1. The summed E-state index contributed by atoms with van der Waals surface area (Å²) in [6.07, 6.45) is 1.02. The minimum Gasteiger partial charge on any atom is -0.479 e. The van der Waals surface area contributed by atoms with Crippen LogP contribution in [0.4, 0.5) is 0 Å². The maximum atomic E-state index is 11.7. The SMILES string of the molecule is CCCc1cc(=O)oc2c(C)c(O[C@H](C)C(=O)OC)ccc12. The number of methoxy groups -OCH3 is 1. The molecular weight excluding hydrogens is 284 g/mol. The summed E-state index contributed by atoms with van der Waals surface area (Å²) in [7, 11) is 1.31. The zero-order chi connectivity index (χ0) is 16.3. The molecule has 22 heavy (non-hydrogen) atoms. The second kappa shape index (κ2) is 6.64. The molecule has 2 rings (SSSR count). The van der Waals surface area contributed by atoms with Crippen LogP contribution in [-0.4, -0.2) is 19.2 Å². The Bertz CT molecular complexity index is 745. The monoisotopic (exact) mass is 304 g/mol. The van der Waals surface area contributed by atoms with E-state index in [-0.39, 0.29) is 5.63 Å². The first-order chi connectivity index (χ1) is 10.5. The molecule has 1 atom stereocenters. The van der Waals surface area contributed by atoms with E-state index in [1.54, 1.807) is 19.9 Å². The van der Waals surface area contributed by atoms with Gasteiger partial charge in [0, 0.05) is 17.0 Å². The lowest BCUT2D eigenvalue weighted by atomic mass is 10.0. The van der Waals surface area contributed by atoms with Crippen molar-refractivity contribution in [2.24, 2.45) is 0 Å². The number of hydrogen-bond acceptors (Lipinski definition) is 5. The van der Waals surface area contributed by atoms with Gasteiger partial charge in [-0.05, 0) is 38.0 Å². The summed E-state index contributed by atoms with van der Waals surface area (Å²) in [4.78, 5) is 23.2. The fraction of sp³-hybridized carbons (Fsp3) is 0.412. The van der Waals surface area contributed by atoms with Crippen molar-refractivity contribution in [3.63, 3.8) is 0 Å². The molecule has 0 bridgehead atoms. The van der Waals surface area contributed by atoms with Crippen LogP contribution in [0, 0.1) is 6.92 Å². The van der Waals surface area contributed by atoms with Crippen LogP contribution in [-0.2, 0) is 16.0 Å². The molecular formula is C17H20O5. The van der Waals surface area contributed by atoms with Crippen molar-refractivity contribution >= 4 is 16.9 Å². The van der Waals surface area contributed by atoms with Gasteiger partial charge in [-0.15, -0.1) is 0 Å². The van der Waals surface area contributed by atoms with E-state index in [9.17, 15) is 9.59 Å². The maximum absolute atomic E-state index is 11.7. The summed E-state index contributed by atoms with van der Waals surface area (Å²) < 4.78 is 15.6. The van der Waals surface area contributed by atoms with E-state index in [0.717, 1.165) is 23.8 Å². The van der Waals surface area contributed by atoms with E-state index in [1.807, 2.05) is 6.07 Å². The molecule has 5 nitrogen and oxygen atoms in total. The second-order valence-electron chi connectivity index (χ2n) is 5.19. The Hall–Kier alpha value is -2.30. The third kappa shape index (κ3) is 3.13. The normalized spacial score (nSPS) is 12.2. The number of esters is 1. The van der Waals surface area contributed by atoms with Crippen molar-refractivity contribution < 1.29 is 18.7 Å². The molecule has 1 aromatic heterocycles. The number of carbonyl (C=O) groups excluding carboxylic acids is 1. The Morgan fingerprint density at radius 1 is 1.36 bits per heavy atom. The lowest BCUT2D eigenvalue weighted by molar-refractivity contribution is -0.147. The number of ether oxygens (including phenoxy) is 2. The third-order valence-corrected chi connectivity index (χ3v) is 3.55. The molecule has 1 aromatic carbocycles. The van der Waals surface area contributed by atoms with Gasteiger partial charge in [-0.25, -0.2) is 9.59 Å². The molecule has 0 saturated heterocycles. The maximum Gasteiger partial charge on any atom is 0.346 e. The summed E-state index contributed by atoms with van der Waals surface area (Å²) in [6.45, 7) is 5.47. The Morgan fingerprint density at radius 2 is 2.09 bits per heavy atom. The van der Waals surface area contributed by atoms with E-state index < -0.39 is 12.1 Å². The molecule has 0 aliphatic carbocycles. The van der Waals surface area contributed by atoms with E-state index in [1.165, 1.54) is 13.2 Å². The second-order valence-corrected chi connectivity index (χ2v) is 5.19. The minimum absolute atomic E-state index is 0.378. The number of benzene rings is 1. The van der Waals surface area contributed by atoms with Gasteiger partial charge in [0.2, 0.25) is 0 Å². The average Bonchev–Trinajstić information content (AvgIpc) is 2.49. The van der Waals surface area contributed by atoms with Crippen molar-refractivity contribution in [1.29, 1.82) is 0 Å². The Labute approximate surface area is 128 Å². The van der Waals surface area contributed by atoms with Crippen LogP contribution in [0.3, 0.4) is 0 Å². The molecule has 0 fully saturated rings. The van der Waals surface area contributed by atoms with Gasteiger partial charge in [0.25, 0.3) is 0 Å².